The smallest absolute Gasteiger partial charge is 0.330 e. The molecular formula is C21H28O5. The minimum absolute atomic E-state index is 0.161. The van der Waals surface area contributed by atoms with Crippen LogP contribution in [0.1, 0.15) is 44.1 Å². The molecule has 0 aliphatic carbocycles. The van der Waals surface area contributed by atoms with Crippen LogP contribution in [0.25, 0.3) is 6.08 Å². The number of rotatable bonds is 10. The molecule has 142 valence electrons. The van der Waals surface area contributed by atoms with Crippen LogP contribution in [0.4, 0.5) is 0 Å². The SMILES string of the molecule is O=C1C=CC[C@H](C[C@@H](O)C[C@H](O)C[C@@H](O)CC/C=C/c2ccccc2)O1. The summed E-state index contributed by atoms with van der Waals surface area (Å²) in [5.74, 6) is -0.395. The van der Waals surface area contributed by atoms with Crippen LogP contribution >= 0.6 is 0 Å². The highest BCUT2D eigenvalue weighted by molar-refractivity contribution is 5.82. The van der Waals surface area contributed by atoms with Crippen molar-refractivity contribution in [2.75, 3.05) is 0 Å². The molecule has 1 heterocycles. The van der Waals surface area contributed by atoms with E-state index in [0.717, 1.165) is 12.0 Å². The lowest BCUT2D eigenvalue weighted by Crippen LogP contribution is -2.28. The Bertz CT molecular complexity index is 596. The zero-order valence-electron chi connectivity index (χ0n) is 14.9. The minimum Gasteiger partial charge on any atom is -0.459 e. The zero-order chi connectivity index (χ0) is 18.8. The summed E-state index contributed by atoms with van der Waals surface area (Å²) in [5.41, 5.74) is 1.11. The van der Waals surface area contributed by atoms with Gasteiger partial charge in [-0.1, -0.05) is 48.6 Å². The monoisotopic (exact) mass is 360 g/mol. The first-order valence-electron chi connectivity index (χ1n) is 9.16. The highest BCUT2D eigenvalue weighted by Crippen LogP contribution is 2.18. The van der Waals surface area contributed by atoms with Gasteiger partial charge in [-0.3, -0.25) is 0 Å². The van der Waals surface area contributed by atoms with Gasteiger partial charge < -0.3 is 20.1 Å². The first-order chi connectivity index (χ1) is 12.5. The van der Waals surface area contributed by atoms with Crippen LogP contribution in [-0.4, -0.2) is 45.7 Å². The van der Waals surface area contributed by atoms with Gasteiger partial charge >= 0.3 is 5.97 Å². The van der Waals surface area contributed by atoms with Crippen molar-refractivity contribution in [2.24, 2.45) is 0 Å². The van der Waals surface area contributed by atoms with Crippen molar-refractivity contribution in [3.8, 4) is 0 Å². The Balaban J connectivity index is 1.61. The van der Waals surface area contributed by atoms with E-state index in [1.807, 2.05) is 42.5 Å². The molecule has 0 spiro atoms. The first kappa shape index (κ1) is 20.4. The molecule has 1 aliphatic rings. The molecule has 0 amide bonds. The summed E-state index contributed by atoms with van der Waals surface area (Å²) in [6, 6.07) is 9.93. The van der Waals surface area contributed by atoms with Crippen LogP contribution in [-0.2, 0) is 9.53 Å². The van der Waals surface area contributed by atoms with Crippen molar-refractivity contribution in [1.82, 2.24) is 0 Å². The number of allylic oxidation sites excluding steroid dienone is 1. The molecule has 2 rings (SSSR count). The second-order valence-corrected chi connectivity index (χ2v) is 6.76. The van der Waals surface area contributed by atoms with Crippen LogP contribution in [0.2, 0.25) is 0 Å². The Morgan fingerprint density at radius 2 is 1.81 bits per heavy atom. The van der Waals surface area contributed by atoms with Crippen molar-refractivity contribution >= 4 is 12.0 Å². The summed E-state index contributed by atoms with van der Waals surface area (Å²) in [6.07, 6.45) is 7.14. The quantitative estimate of drug-likeness (QED) is 0.558. The highest BCUT2D eigenvalue weighted by atomic mass is 16.5. The van der Waals surface area contributed by atoms with E-state index in [-0.39, 0.29) is 18.9 Å². The largest absolute Gasteiger partial charge is 0.459 e. The summed E-state index contributed by atoms with van der Waals surface area (Å²) in [4.78, 5) is 11.2. The molecule has 0 saturated carbocycles. The molecule has 0 saturated heterocycles. The van der Waals surface area contributed by atoms with Crippen molar-refractivity contribution in [2.45, 2.75) is 62.9 Å². The maximum Gasteiger partial charge on any atom is 0.330 e. The van der Waals surface area contributed by atoms with Gasteiger partial charge in [-0.25, -0.2) is 4.79 Å². The van der Waals surface area contributed by atoms with Gasteiger partial charge in [-0.05, 0) is 31.2 Å². The number of hydrogen-bond donors (Lipinski definition) is 3. The Hall–Kier alpha value is -1.95. The average molecular weight is 360 g/mol. The van der Waals surface area contributed by atoms with Crippen molar-refractivity contribution < 1.29 is 24.9 Å². The third-order valence-corrected chi connectivity index (χ3v) is 4.34. The number of esters is 1. The average Bonchev–Trinajstić information content (AvgIpc) is 2.59. The van der Waals surface area contributed by atoms with Gasteiger partial charge in [0, 0.05) is 18.9 Å². The summed E-state index contributed by atoms with van der Waals surface area (Å²) in [6.45, 7) is 0. The number of cyclic esters (lactones) is 1. The van der Waals surface area contributed by atoms with E-state index in [2.05, 4.69) is 0 Å². The number of benzene rings is 1. The van der Waals surface area contributed by atoms with Gasteiger partial charge in [-0.15, -0.1) is 0 Å². The molecular weight excluding hydrogens is 332 g/mol. The number of carbonyl (C=O) groups excluding carboxylic acids is 1. The third kappa shape index (κ3) is 7.95. The van der Waals surface area contributed by atoms with E-state index in [9.17, 15) is 20.1 Å². The van der Waals surface area contributed by atoms with Crippen LogP contribution < -0.4 is 0 Å². The molecule has 0 radical (unpaired) electrons. The van der Waals surface area contributed by atoms with Crippen LogP contribution in [0, 0.1) is 0 Å². The molecule has 0 fully saturated rings. The van der Waals surface area contributed by atoms with E-state index in [4.69, 9.17) is 4.74 Å². The number of hydrogen-bond acceptors (Lipinski definition) is 5. The van der Waals surface area contributed by atoms with Gasteiger partial charge in [0.05, 0.1) is 18.3 Å². The molecule has 1 aromatic carbocycles. The Morgan fingerprint density at radius 1 is 1.08 bits per heavy atom. The van der Waals surface area contributed by atoms with Gasteiger partial charge in [-0.2, -0.15) is 0 Å². The predicted octanol–water partition coefficient (Wildman–Crippen LogP) is 2.60. The normalized spacial score (nSPS) is 20.7. The number of aliphatic hydroxyl groups is 3. The molecule has 4 atom stereocenters. The van der Waals surface area contributed by atoms with Gasteiger partial charge in [0.2, 0.25) is 0 Å². The molecule has 5 nitrogen and oxygen atoms in total. The summed E-state index contributed by atoms with van der Waals surface area (Å²) in [5, 5.41) is 30.1. The number of carbonyl (C=O) groups is 1. The van der Waals surface area contributed by atoms with Crippen molar-refractivity contribution in [3.05, 3.63) is 54.1 Å². The van der Waals surface area contributed by atoms with Crippen LogP contribution in [0.15, 0.2) is 48.6 Å². The van der Waals surface area contributed by atoms with Gasteiger partial charge in [0.25, 0.3) is 0 Å². The predicted molar refractivity (Wildman–Crippen MR) is 100 cm³/mol. The van der Waals surface area contributed by atoms with Crippen molar-refractivity contribution in [1.29, 1.82) is 0 Å². The summed E-state index contributed by atoms with van der Waals surface area (Å²) in [7, 11) is 0. The van der Waals surface area contributed by atoms with E-state index in [1.54, 1.807) is 6.08 Å². The van der Waals surface area contributed by atoms with E-state index in [1.165, 1.54) is 6.08 Å². The molecule has 5 heteroatoms. The Labute approximate surface area is 154 Å². The standard InChI is InChI=1S/C21H28O5/c22-17(10-5-4-9-16-7-2-1-3-8-16)13-18(23)14-19(24)15-20-11-6-12-21(25)26-20/h1-4,6-9,12,17-20,22-24H,5,10-11,13-15H2/b9-4+/t17-,18+,19-,20+/m0/s1. The maximum atomic E-state index is 11.2. The fourth-order valence-electron chi connectivity index (χ4n) is 3.03. The number of aliphatic hydroxyl groups excluding tert-OH is 3. The van der Waals surface area contributed by atoms with Crippen LogP contribution in [0.5, 0.6) is 0 Å². The zero-order valence-corrected chi connectivity index (χ0v) is 14.9. The topological polar surface area (TPSA) is 87.0 Å². The van der Waals surface area contributed by atoms with E-state index in [0.29, 0.717) is 19.3 Å². The molecule has 0 bridgehead atoms. The lowest BCUT2D eigenvalue weighted by molar-refractivity contribution is -0.145. The molecule has 26 heavy (non-hydrogen) atoms. The molecule has 0 unspecified atom stereocenters. The second kappa shape index (κ2) is 10.9. The third-order valence-electron chi connectivity index (χ3n) is 4.34. The Morgan fingerprint density at radius 3 is 2.54 bits per heavy atom. The summed E-state index contributed by atoms with van der Waals surface area (Å²) < 4.78 is 5.10. The van der Waals surface area contributed by atoms with Crippen LogP contribution in [0.3, 0.4) is 0 Å². The maximum absolute atomic E-state index is 11.2. The van der Waals surface area contributed by atoms with Crippen molar-refractivity contribution in [3.63, 3.8) is 0 Å². The lowest BCUT2D eigenvalue weighted by Gasteiger charge is -2.23. The van der Waals surface area contributed by atoms with Gasteiger partial charge in [0.15, 0.2) is 0 Å². The molecule has 1 aliphatic heterocycles. The second-order valence-electron chi connectivity index (χ2n) is 6.76. The summed E-state index contributed by atoms with van der Waals surface area (Å²) >= 11 is 0. The highest BCUT2D eigenvalue weighted by Gasteiger charge is 2.22. The minimum atomic E-state index is -0.784. The Kier molecular flexibility index (Phi) is 8.54. The first-order valence-corrected chi connectivity index (χ1v) is 9.16. The lowest BCUT2D eigenvalue weighted by atomic mass is 9.98. The van der Waals surface area contributed by atoms with E-state index >= 15 is 0 Å². The van der Waals surface area contributed by atoms with E-state index < -0.39 is 24.3 Å². The fraction of sp³-hybridized carbons (Fsp3) is 0.476. The number of ether oxygens (including phenoxy) is 1. The molecule has 1 aromatic rings. The fourth-order valence-corrected chi connectivity index (χ4v) is 3.03. The molecule has 0 aromatic heterocycles. The van der Waals surface area contributed by atoms with Gasteiger partial charge in [0.1, 0.15) is 6.10 Å². The molecule has 3 N–H and O–H groups in total.